The number of nitrogens with one attached hydrogen (secondary N) is 1. The smallest absolute Gasteiger partial charge is 0.385 e. The van der Waals surface area contributed by atoms with E-state index in [-0.39, 0.29) is 4.88 Å². The first kappa shape index (κ1) is 16.4. The average molecular weight is 296 g/mol. The van der Waals surface area contributed by atoms with E-state index in [4.69, 9.17) is 0 Å². The summed E-state index contributed by atoms with van der Waals surface area (Å²) in [5.41, 5.74) is -1.29. The molecule has 0 saturated heterocycles. The van der Waals surface area contributed by atoms with Crippen molar-refractivity contribution in [2.45, 2.75) is 39.0 Å². The zero-order valence-electron chi connectivity index (χ0n) is 11.2. The Labute approximate surface area is 114 Å². The number of rotatable bonds is 6. The lowest BCUT2D eigenvalue weighted by Crippen LogP contribution is -2.29. The summed E-state index contributed by atoms with van der Waals surface area (Å²) in [4.78, 5) is 3.57. The van der Waals surface area contributed by atoms with Gasteiger partial charge in [-0.25, -0.2) is 4.98 Å². The minimum atomic E-state index is -4.45. The van der Waals surface area contributed by atoms with Gasteiger partial charge in [0.25, 0.3) is 0 Å². The van der Waals surface area contributed by atoms with Gasteiger partial charge >= 0.3 is 6.18 Å². The quantitative estimate of drug-likeness (QED) is 0.793. The Balaban J connectivity index is 2.59. The number of aliphatic hydroxyl groups is 1. The summed E-state index contributed by atoms with van der Waals surface area (Å²) in [5.74, 6) is 0.491. The third kappa shape index (κ3) is 5.08. The molecular weight excluding hydrogens is 277 g/mol. The molecule has 19 heavy (non-hydrogen) atoms. The molecule has 0 radical (unpaired) electrons. The minimum absolute atomic E-state index is 0.242. The monoisotopic (exact) mass is 296 g/mol. The molecule has 1 aromatic rings. The van der Waals surface area contributed by atoms with Crippen LogP contribution in [0.1, 0.15) is 37.1 Å². The van der Waals surface area contributed by atoms with Gasteiger partial charge in [-0.15, -0.1) is 11.3 Å². The van der Waals surface area contributed by atoms with E-state index in [0.717, 1.165) is 12.7 Å². The fourth-order valence-electron chi connectivity index (χ4n) is 1.50. The summed E-state index contributed by atoms with van der Waals surface area (Å²) >= 11 is 0.497. The van der Waals surface area contributed by atoms with E-state index in [9.17, 15) is 18.3 Å². The molecule has 0 aliphatic heterocycles. The Kier molecular flexibility index (Phi) is 5.34. The number of alkyl halides is 3. The van der Waals surface area contributed by atoms with E-state index in [2.05, 4.69) is 24.1 Å². The highest BCUT2D eigenvalue weighted by Crippen LogP contribution is 2.36. The van der Waals surface area contributed by atoms with E-state index >= 15 is 0 Å². The van der Waals surface area contributed by atoms with Gasteiger partial charge in [-0.05, 0) is 32.4 Å². The molecular formula is C12H19F3N2OS. The second-order valence-electron chi connectivity index (χ2n) is 5.15. The third-order valence-corrected chi connectivity index (χ3v) is 3.92. The average Bonchev–Trinajstić information content (AvgIpc) is 2.73. The largest absolute Gasteiger partial charge is 0.443 e. The topological polar surface area (TPSA) is 45.1 Å². The first-order chi connectivity index (χ1) is 8.63. The van der Waals surface area contributed by atoms with Gasteiger partial charge in [0.05, 0.1) is 10.5 Å². The van der Waals surface area contributed by atoms with Crippen LogP contribution in [0.4, 0.5) is 13.2 Å². The Morgan fingerprint density at radius 1 is 1.42 bits per heavy atom. The second-order valence-corrected chi connectivity index (χ2v) is 6.18. The van der Waals surface area contributed by atoms with Crippen LogP contribution in [-0.2, 0) is 11.8 Å². The van der Waals surface area contributed by atoms with Gasteiger partial charge in [-0.1, -0.05) is 13.8 Å². The van der Waals surface area contributed by atoms with Gasteiger partial charge in [0.15, 0.2) is 5.01 Å². The first-order valence-corrected chi connectivity index (χ1v) is 6.91. The van der Waals surface area contributed by atoms with Crippen LogP contribution in [0.25, 0.3) is 0 Å². The van der Waals surface area contributed by atoms with Crippen LogP contribution >= 0.6 is 11.3 Å². The minimum Gasteiger partial charge on any atom is -0.385 e. The van der Waals surface area contributed by atoms with Crippen molar-refractivity contribution in [3.05, 3.63) is 16.1 Å². The molecule has 7 heteroatoms. The molecule has 3 nitrogen and oxygen atoms in total. The summed E-state index contributed by atoms with van der Waals surface area (Å²) in [6, 6.07) is 0. The molecule has 0 aliphatic carbocycles. The van der Waals surface area contributed by atoms with Crippen LogP contribution in [-0.4, -0.2) is 23.2 Å². The number of aromatic nitrogens is 1. The zero-order chi connectivity index (χ0) is 14.7. The van der Waals surface area contributed by atoms with Gasteiger partial charge in [0.2, 0.25) is 0 Å². The van der Waals surface area contributed by atoms with E-state index in [1.165, 1.54) is 6.92 Å². The van der Waals surface area contributed by atoms with Gasteiger partial charge in [-0.3, -0.25) is 0 Å². The predicted octanol–water partition coefficient (Wildman–Crippen LogP) is 3.01. The van der Waals surface area contributed by atoms with E-state index < -0.39 is 16.8 Å². The van der Waals surface area contributed by atoms with Crippen molar-refractivity contribution in [2.75, 3.05) is 13.1 Å². The third-order valence-electron chi connectivity index (χ3n) is 2.62. The molecule has 1 aromatic heterocycles. The number of thiazole rings is 1. The zero-order valence-corrected chi connectivity index (χ0v) is 12.0. The van der Waals surface area contributed by atoms with Crippen LogP contribution in [0, 0.1) is 5.92 Å². The highest BCUT2D eigenvalue weighted by molar-refractivity contribution is 7.11. The highest BCUT2D eigenvalue weighted by atomic mass is 32.1. The van der Waals surface area contributed by atoms with Crippen molar-refractivity contribution in [2.24, 2.45) is 5.92 Å². The molecule has 0 bridgehead atoms. The summed E-state index contributed by atoms with van der Waals surface area (Å²) in [6.07, 6.45) is -3.00. The van der Waals surface area contributed by atoms with E-state index in [1.54, 1.807) is 0 Å². The van der Waals surface area contributed by atoms with Crippen molar-refractivity contribution >= 4 is 11.3 Å². The van der Waals surface area contributed by atoms with E-state index in [1.807, 2.05) is 0 Å². The predicted molar refractivity (Wildman–Crippen MR) is 69.0 cm³/mol. The van der Waals surface area contributed by atoms with Gasteiger partial charge in [0.1, 0.15) is 0 Å². The summed E-state index contributed by atoms with van der Waals surface area (Å²) in [5, 5.41) is 12.4. The van der Waals surface area contributed by atoms with Crippen LogP contribution in [0.5, 0.6) is 0 Å². The lowest BCUT2D eigenvalue weighted by Gasteiger charge is -2.21. The molecule has 1 unspecified atom stereocenters. The Morgan fingerprint density at radius 3 is 2.53 bits per heavy atom. The molecule has 1 rings (SSSR count). The molecule has 110 valence electrons. The summed E-state index contributed by atoms with van der Waals surface area (Å²) in [6.45, 7) is 6.99. The van der Waals surface area contributed by atoms with Crippen molar-refractivity contribution in [1.82, 2.24) is 10.3 Å². The number of hydrogen-bond acceptors (Lipinski definition) is 4. The van der Waals surface area contributed by atoms with Crippen molar-refractivity contribution in [3.63, 3.8) is 0 Å². The molecule has 1 atom stereocenters. The van der Waals surface area contributed by atoms with Gasteiger partial charge in [-0.2, -0.15) is 13.2 Å². The fraction of sp³-hybridized carbons (Fsp3) is 0.750. The summed E-state index contributed by atoms with van der Waals surface area (Å²) in [7, 11) is 0. The molecule has 0 aliphatic rings. The van der Waals surface area contributed by atoms with Crippen molar-refractivity contribution in [3.8, 4) is 0 Å². The Bertz CT molecular complexity index is 402. The van der Waals surface area contributed by atoms with Crippen molar-refractivity contribution in [1.29, 1.82) is 0 Å². The van der Waals surface area contributed by atoms with Crippen LogP contribution < -0.4 is 5.32 Å². The van der Waals surface area contributed by atoms with Gasteiger partial charge < -0.3 is 10.4 Å². The lowest BCUT2D eigenvalue weighted by atomic mass is 10.0. The maximum Gasteiger partial charge on any atom is 0.443 e. The number of nitrogens with zero attached hydrogens (tertiary/aromatic N) is 1. The molecule has 2 N–H and O–H groups in total. The maximum atomic E-state index is 12.4. The molecule has 0 fully saturated rings. The highest BCUT2D eigenvalue weighted by Gasteiger charge is 2.37. The molecule has 0 spiro atoms. The molecule has 1 heterocycles. The molecule has 0 saturated carbocycles. The fourth-order valence-corrected chi connectivity index (χ4v) is 2.36. The molecule has 0 aromatic carbocycles. The Morgan fingerprint density at radius 2 is 2.05 bits per heavy atom. The number of hydrogen-bond donors (Lipinski definition) is 2. The van der Waals surface area contributed by atoms with Gasteiger partial charge in [0, 0.05) is 6.20 Å². The summed E-state index contributed by atoms with van der Waals surface area (Å²) < 4.78 is 37.3. The number of halogens is 3. The Hall–Kier alpha value is -0.660. The lowest BCUT2D eigenvalue weighted by molar-refractivity contribution is -0.137. The first-order valence-electron chi connectivity index (χ1n) is 6.09. The maximum absolute atomic E-state index is 12.4. The normalized spacial score (nSPS) is 15.8. The SMILES string of the molecule is CC(C)CNCCC(C)(O)c1cnc(C(F)(F)F)s1. The van der Waals surface area contributed by atoms with E-state index in [0.29, 0.717) is 30.2 Å². The van der Waals surface area contributed by atoms with Crippen LogP contribution in [0.15, 0.2) is 6.20 Å². The second kappa shape index (κ2) is 6.19. The van der Waals surface area contributed by atoms with Crippen molar-refractivity contribution < 1.29 is 18.3 Å². The van der Waals surface area contributed by atoms with Crippen LogP contribution in [0.2, 0.25) is 0 Å². The molecule has 0 amide bonds. The standard InChI is InChI=1S/C12H19F3N2OS/c1-8(2)6-16-5-4-11(3,18)9-7-17-10(19-9)12(13,14)15/h7-8,16,18H,4-6H2,1-3H3. The van der Waals surface area contributed by atoms with Crippen LogP contribution in [0.3, 0.4) is 0 Å².